The first kappa shape index (κ1) is 18.4. The molecule has 5 nitrogen and oxygen atoms in total. The van der Waals surface area contributed by atoms with Crippen molar-refractivity contribution in [2.24, 2.45) is 0 Å². The highest BCUT2D eigenvalue weighted by atomic mass is 16.5. The van der Waals surface area contributed by atoms with E-state index in [1.807, 2.05) is 22.8 Å². The van der Waals surface area contributed by atoms with Gasteiger partial charge in [0.15, 0.2) is 0 Å². The molecule has 0 bridgehead atoms. The maximum absolute atomic E-state index is 12.8. The van der Waals surface area contributed by atoms with Gasteiger partial charge in [-0.1, -0.05) is 43.2 Å². The smallest absolute Gasteiger partial charge is 0.343 e. The summed E-state index contributed by atoms with van der Waals surface area (Å²) in [5.41, 5.74) is 2.04. The van der Waals surface area contributed by atoms with Crippen LogP contribution in [-0.2, 0) is 16.7 Å². The second kappa shape index (κ2) is 7.58. The van der Waals surface area contributed by atoms with E-state index in [1.165, 1.54) is 18.4 Å². The van der Waals surface area contributed by atoms with Crippen LogP contribution in [-0.4, -0.2) is 22.1 Å². The minimum Gasteiger partial charge on any atom is -0.462 e. The number of carbonyl (C=O) groups excluding carboxylic acids is 1. The molecule has 2 heterocycles. The molecule has 1 fully saturated rings. The van der Waals surface area contributed by atoms with Gasteiger partial charge in [0, 0.05) is 24.4 Å². The van der Waals surface area contributed by atoms with Gasteiger partial charge >= 0.3 is 5.97 Å². The van der Waals surface area contributed by atoms with Crippen molar-refractivity contribution in [1.29, 1.82) is 0 Å². The zero-order valence-corrected chi connectivity index (χ0v) is 16.1. The summed E-state index contributed by atoms with van der Waals surface area (Å²) in [6.45, 7) is 2.66. The van der Waals surface area contributed by atoms with E-state index in [9.17, 15) is 9.59 Å². The van der Waals surface area contributed by atoms with Crippen molar-refractivity contribution in [2.75, 3.05) is 6.61 Å². The quantitative estimate of drug-likeness (QED) is 0.630. The summed E-state index contributed by atoms with van der Waals surface area (Å²) in [5.74, 6) is -0.589. The fourth-order valence-electron chi connectivity index (χ4n) is 4.41. The summed E-state index contributed by atoms with van der Waals surface area (Å²) in [6, 6.07) is 14.3. The third kappa shape index (κ3) is 3.21. The SMILES string of the molecule is CCOC(=O)c1cn(CC2(c3ccccc3)CCCC2)c2cccnc2c1=O. The molecule has 2 aromatic heterocycles. The third-order valence-electron chi connectivity index (χ3n) is 5.76. The molecule has 0 aliphatic heterocycles. The Labute approximate surface area is 164 Å². The number of hydrogen-bond acceptors (Lipinski definition) is 4. The highest BCUT2D eigenvalue weighted by Gasteiger charge is 2.36. The molecule has 0 radical (unpaired) electrons. The third-order valence-corrected chi connectivity index (χ3v) is 5.76. The topological polar surface area (TPSA) is 61.2 Å². The maximum atomic E-state index is 12.8. The Morgan fingerprint density at radius 2 is 1.89 bits per heavy atom. The Morgan fingerprint density at radius 1 is 1.14 bits per heavy atom. The number of ether oxygens (including phenoxy) is 1. The Bertz CT molecular complexity index is 1050. The van der Waals surface area contributed by atoms with Gasteiger partial charge < -0.3 is 9.30 Å². The average Bonchev–Trinajstić information content (AvgIpc) is 3.21. The standard InChI is InChI=1S/C23H24N2O3/c1-2-28-22(27)18-15-25(19-11-8-14-24-20(19)21(18)26)16-23(12-6-7-13-23)17-9-4-3-5-10-17/h3-5,8-11,14-15H,2,6-7,12-13,16H2,1H3. The minimum absolute atomic E-state index is 0.00890. The maximum Gasteiger partial charge on any atom is 0.343 e. The lowest BCUT2D eigenvalue weighted by molar-refractivity contribution is 0.0524. The Kier molecular flexibility index (Phi) is 4.99. The van der Waals surface area contributed by atoms with E-state index < -0.39 is 5.97 Å². The summed E-state index contributed by atoms with van der Waals surface area (Å²) in [6.07, 6.45) is 7.77. The molecule has 28 heavy (non-hydrogen) atoms. The van der Waals surface area contributed by atoms with Crippen LogP contribution in [0.25, 0.3) is 11.0 Å². The molecule has 0 unspecified atom stereocenters. The van der Waals surface area contributed by atoms with Gasteiger partial charge in [0.1, 0.15) is 11.1 Å². The van der Waals surface area contributed by atoms with E-state index in [0.717, 1.165) is 18.4 Å². The van der Waals surface area contributed by atoms with E-state index in [0.29, 0.717) is 12.1 Å². The largest absolute Gasteiger partial charge is 0.462 e. The summed E-state index contributed by atoms with van der Waals surface area (Å²) in [4.78, 5) is 29.5. The van der Waals surface area contributed by atoms with Gasteiger partial charge in [-0.3, -0.25) is 9.78 Å². The van der Waals surface area contributed by atoms with Crippen LogP contribution in [0.2, 0.25) is 0 Å². The molecular weight excluding hydrogens is 352 g/mol. The number of esters is 1. The molecular formula is C23H24N2O3. The highest BCUT2D eigenvalue weighted by Crippen LogP contribution is 2.42. The van der Waals surface area contributed by atoms with Gasteiger partial charge in [-0.05, 0) is 37.5 Å². The van der Waals surface area contributed by atoms with Gasteiger partial charge in [-0.2, -0.15) is 0 Å². The predicted molar refractivity (Wildman–Crippen MR) is 109 cm³/mol. The Hall–Kier alpha value is -2.95. The van der Waals surface area contributed by atoms with E-state index in [-0.39, 0.29) is 23.0 Å². The number of pyridine rings is 2. The van der Waals surface area contributed by atoms with Crippen LogP contribution in [0.5, 0.6) is 0 Å². The van der Waals surface area contributed by atoms with Crippen molar-refractivity contribution in [3.05, 3.63) is 76.2 Å². The van der Waals surface area contributed by atoms with Crippen molar-refractivity contribution in [1.82, 2.24) is 9.55 Å². The number of nitrogens with zero attached hydrogens (tertiary/aromatic N) is 2. The molecule has 1 aliphatic carbocycles. The molecule has 0 N–H and O–H groups in total. The normalized spacial score (nSPS) is 15.6. The van der Waals surface area contributed by atoms with Gasteiger partial charge in [-0.15, -0.1) is 0 Å². The van der Waals surface area contributed by atoms with E-state index in [4.69, 9.17) is 4.74 Å². The number of rotatable bonds is 5. The summed E-state index contributed by atoms with van der Waals surface area (Å²) < 4.78 is 7.13. The van der Waals surface area contributed by atoms with Crippen LogP contribution in [0, 0.1) is 0 Å². The number of fused-ring (bicyclic) bond motifs is 1. The zero-order chi connectivity index (χ0) is 19.6. The van der Waals surface area contributed by atoms with Gasteiger partial charge in [0.05, 0.1) is 12.1 Å². The van der Waals surface area contributed by atoms with Crippen LogP contribution < -0.4 is 5.43 Å². The van der Waals surface area contributed by atoms with Gasteiger partial charge in [0.2, 0.25) is 5.43 Å². The monoisotopic (exact) mass is 376 g/mol. The summed E-state index contributed by atoms with van der Waals surface area (Å²) in [5, 5.41) is 0. The first-order valence-corrected chi connectivity index (χ1v) is 9.85. The Balaban J connectivity index is 1.87. The zero-order valence-electron chi connectivity index (χ0n) is 16.1. The molecule has 0 spiro atoms. The predicted octanol–water partition coefficient (Wildman–Crippen LogP) is 4.09. The Morgan fingerprint density at radius 3 is 2.61 bits per heavy atom. The van der Waals surface area contributed by atoms with Crippen LogP contribution >= 0.6 is 0 Å². The molecule has 1 aliphatic rings. The van der Waals surface area contributed by atoms with Crippen molar-refractivity contribution < 1.29 is 9.53 Å². The average molecular weight is 376 g/mol. The molecule has 3 aromatic rings. The fourth-order valence-corrected chi connectivity index (χ4v) is 4.41. The molecule has 0 saturated heterocycles. The van der Waals surface area contributed by atoms with Crippen molar-refractivity contribution in [3.8, 4) is 0 Å². The summed E-state index contributed by atoms with van der Waals surface area (Å²) >= 11 is 0. The van der Waals surface area contributed by atoms with Crippen LogP contribution in [0.1, 0.15) is 48.5 Å². The molecule has 0 atom stereocenters. The van der Waals surface area contributed by atoms with E-state index in [2.05, 4.69) is 29.2 Å². The van der Waals surface area contributed by atoms with Crippen molar-refractivity contribution in [3.63, 3.8) is 0 Å². The number of hydrogen-bond donors (Lipinski definition) is 0. The molecule has 5 heteroatoms. The number of aromatic nitrogens is 2. The minimum atomic E-state index is -0.589. The first-order valence-electron chi connectivity index (χ1n) is 9.85. The van der Waals surface area contributed by atoms with E-state index >= 15 is 0 Å². The lowest BCUT2D eigenvalue weighted by Crippen LogP contribution is -2.30. The van der Waals surface area contributed by atoms with Crippen LogP contribution in [0.4, 0.5) is 0 Å². The first-order chi connectivity index (χ1) is 13.6. The summed E-state index contributed by atoms with van der Waals surface area (Å²) in [7, 11) is 0. The van der Waals surface area contributed by atoms with Gasteiger partial charge in [-0.25, -0.2) is 4.79 Å². The van der Waals surface area contributed by atoms with Crippen molar-refractivity contribution >= 4 is 17.0 Å². The molecule has 144 valence electrons. The molecule has 1 aromatic carbocycles. The second-order valence-electron chi connectivity index (χ2n) is 7.44. The second-order valence-corrected chi connectivity index (χ2v) is 7.44. The molecule has 0 amide bonds. The lowest BCUT2D eigenvalue weighted by atomic mass is 9.78. The van der Waals surface area contributed by atoms with E-state index in [1.54, 1.807) is 19.3 Å². The molecule has 1 saturated carbocycles. The lowest BCUT2D eigenvalue weighted by Gasteiger charge is -2.31. The van der Waals surface area contributed by atoms with Crippen LogP contribution in [0.15, 0.2) is 59.7 Å². The van der Waals surface area contributed by atoms with Gasteiger partial charge in [0.25, 0.3) is 0 Å². The number of carbonyl (C=O) groups is 1. The fraction of sp³-hybridized carbons (Fsp3) is 0.348. The number of benzene rings is 1. The van der Waals surface area contributed by atoms with Crippen LogP contribution in [0.3, 0.4) is 0 Å². The highest BCUT2D eigenvalue weighted by molar-refractivity contribution is 5.92. The van der Waals surface area contributed by atoms with Crippen molar-refractivity contribution in [2.45, 2.75) is 44.6 Å². The molecule has 4 rings (SSSR count).